The van der Waals surface area contributed by atoms with Gasteiger partial charge in [-0.1, -0.05) is 12.1 Å². The number of amides is 2. The fraction of sp³-hybridized carbons (Fsp3) is 0.231. The Kier molecular flexibility index (Phi) is 7.17. The van der Waals surface area contributed by atoms with Crippen molar-refractivity contribution in [3.8, 4) is 23.0 Å². The van der Waals surface area contributed by atoms with Crippen molar-refractivity contribution in [3.05, 3.63) is 77.9 Å². The van der Waals surface area contributed by atoms with Crippen LogP contribution in [0, 0.1) is 0 Å². The van der Waals surface area contributed by atoms with Crippen LogP contribution in [0.15, 0.2) is 66.7 Å². The summed E-state index contributed by atoms with van der Waals surface area (Å²) in [4.78, 5) is 24.8. The summed E-state index contributed by atoms with van der Waals surface area (Å²) in [6.07, 6.45) is 0. The number of anilines is 1. The molecule has 176 valence electrons. The molecule has 1 atom stereocenters. The minimum atomic E-state index is -0.302. The van der Waals surface area contributed by atoms with E-state index in [-0.39, 0.29) is 24.5 Å². The average Bonchev–Trinajstić information content (AvgIpc) is 2.87. The first kappa shape index (κ1) is 23.0. The van der Waals surface area contributed by atoms with Gasteiger partial charge in [-0.05, 0) is 61.0 Å². The molecule has 8 heteroatoms. The second-order valence-corrected chi connectivity index (χ2v) is 7.69. The van der Waals surface area contributed by atoms with Crippen molar-refractivity contribution < 1.29 is 28.5 Å². The number of rotatable bonds is 8. The van der Waals surface area contributed by atoms with Gasteiger partial charge in [0.25, 0.3) is 11.8 Å². The van der Waals surface area contributed by atoms with E-state index >= 15 is 0 Å². The fourth-order valence-electron chi connectivity index (χ4n) is 3.44. The van der Waals surface area contributed by atoms with Gasteiger partial charge < -0.3 is 29.6 Å². The number of ether oxygens (including phenoxy) is 4. The Hall–Kier alpha value is -4.20. The molecule has 0 unspecified atom stereocenters. The highest BCUT2D eigenvalue weighted by atomic mass is 16.6. The monoisotopic (exact) mass is 462 g/mol. The SMILES string of the molecule is COc1cccc(NC(=O)COc2ccc(C(=O)N[C@@H](C)c3ccc4c(c3)OCCO4)cc2)c1. The molecule has 0 aliphatic carbocycles. The van der Waals surface area contributed by atoms with Gasteiger partial charge in [0.2, 0.25) is 0 Å². The van der Waals surface area contributed by atoms with E-state index in [1.807, 2.05) is 25.1 Å². The van der Waals surface area contributed by atoms with Crippen LogP contribution in [0.3, 0.4) is 0 Å². The molecule has 3 aromatic carbocycles. The molecule has 1 aliphatic rings. The van der Waals surface area contributed by atoms with Crippen molar-refractivity contribution in [2.24, 2.45) is 0 Å². The molecule has 8 nitrogen and oxygen atoms in total. The third kappa shape index (κ3) is 5.78. The molecular weight excluding hydrogens is 436 g/mol. The quantitative estimate of drug-likeness (QED) is 0.526. The molecule has 0 saturated carbocycles. The summed E-state index contributed by atoms with van der Waals surface area (Å²) in [6.45, 7) is 2.78. The second kappa shape index (κ2) is 10.6. The molecular formula is C26H26N2O6. The highest BCUT2D eigenvalue weighted by Crippen LogP contribution is 2.32. The van der Waals surface area contributed by atoms with Gasteiger partial charge in [0, 0.05) is 17.3 Å². The average molecular weight is 463 g/mol. The summed E-state index contributed by atoms with van der Waals surface area (Å²) in [5.74, 6) is 2.00. The third-order valence-corrected chi connectivity index (χ3v) is 5.25. The molecule has 1 heterocycles. The van der Waals surface area contributed by atoms with Gasteiger partial charge in [-0.3, -0.25) is 9.59 Å². The summed E-state index contributed by atoms with van der Waals surface area (Å²) in [7, 11) is 1.56. The molecule has 2 N–H and O–H groups in total. The maximum absolute atomic E-state index is 12.7. The largest absolute Gasteiger partial charge is 0.497 e. The molecule has 0 bridgehead atoms. The van der Waals surface area contributed by atoms with Gasteiger partial charge in [-0.25, -0.2) is 0 Å². The minimum absolute atomic E-state index is 0.163. The van der Waals surface area contributed by atoms with Gasteiger partial charge in [0.05, 0.1) is 13.2 Å². The predicted molar refractivity (Wildman–Crippen MR) is 127 cm³/mol. The van der Waals surface area contributed by atoms with Crippen LogP contribution in [-0.4, -0.2) is 38.7 Å². The lowest BCUT2D eigenvalue weighted by Gasteiger charge is -2.21. The molecule has 0 fully saturated rings. The number of nitrogens with one attached hydrogen (secondary N) is 2. The zero-order valence-electron chi connectivity index (χ0n) is 19.0. The van der Waals surface area contributed by atoms with E-state index in [4.69, 9.17) is 18.9 Å². The highest BCUT2D eigenvalue weighted by Gasteiger charge is 2.16. The predicted octanol–water partition coefficient (Wildman–Crippen LogP) is 3.97. The van der Waals surface area contributed by atoms with Crippen LogP contribution in [0.2, 0.25) is 0 Å². The van der Waals surface area contributed by atoms with Crippen LogP contribution < -0.4 is 29.6 Å². The first-order valence-corrected chi connectivity index (χ1v) is 10.9. The molecule has 0 saturated heterocycles. The zero-order chi connectivity index (χ0) is 23.9. The highest BCUT2D eigenvalue weighted by molar-refractivity contribution is 5.94. The maximum Gasteiger partial charge on any atom is 0.262 e. The van der Waals surface area contributed by atoms with Crippen LogP contribution in [-0.2, 0) is 4.79 Å². The number of carbonyl (C=O) groups is 2. The Labute approximate surface area is 197 Å². The van der Waals surface area contributed by atoms with Crippen LogP contribution in [0.4, 0.5) is 5.69 Å². The van der Waals surface area contributed by atoms with E-state index in [1.165, 1.54) is 0 Å². The lowest BCUT2D eigenvalue weighted by atomic mass is 10.1. The van der Waals surface area contributed by atoms with Crippen LogP contribution in [0.25, 0.3) is 0 Å². The number of fused-ring (bicyclic) bond motifs is 1. The number of methoxy groups -OCH3 is 1. The van der Waals surface area contributed by atoms with Crippen LogP contribution >= 0.6 is 0 Å². The first-order chi connectivity index (χ1) is 16.5. The lowest BCUT2D eigenvalue weighted by Crippen LogP contribution is -2.26. The van der Waals surface area contributed by atoms with Gasteiger partial charge in [-0.2, -0.15) is 0 Å². The van der Waals surface area contributed by atoms with Gasteiger partial charge >= 0.3 is 0 Å². The number of hydrogen-bond acceptors (Lipinski definition) is 6. The normalized spacial score (nSPS) is 12.9. The van der Waals surface area contributed by atoms with E-state index < -0.39 is 0 Å². The summed E-state index contributed by atoms with van der Waals surface area (Å²) in [6, 6.07) is 19.1. The van der Waals surface area contributed by atoms with Gasteiger partial charge in [0.1, 0.15) is 24.7 Å². The van der Waals surface area contributed by atoms with Crippen LogP contribution in [0.1, 0.15) is 28.9 Å². The zero-order valence-corrected chi connectivity index (χ0v) is 19.0. The minimum Gasteiger partial charge on any atom is -0.497 e. The van der Waals surface area contributed by atoms with E-state index in [9.17, 15) is 9.59 Å². The Bertz CT molecular complexity index is 1160. The molecule has 3 aromatic rings. The smallest absolute Gasteiger partial charge is 0.262 e. The van der Waals surface area contributed by atoms with Crippen molar-refractivity contribution in [1.29, 1.82) is 0 Å². The standard InChI is InChI=1S/C26H26N2O6/c1-17(19-8-11-23-24(14-19)33-13-12-32-23)27-26(30)18-6-9-21(10-7-18)34-16-25(29)28-20-4-3-5-22(15-20)31-2/h3-11,14-15,17H,12-13,16H2,1-2H3,(H,27,30)(H,28,29)/t17-/m0/s1. The lowest BCUT2D eigenvalue weighted by molar-refractivity contribution is -0.118. The van der Waals surface area contributed by atoms with Crippen molar-refractivity contribution in [3.63, 3.8) is 0 Å². The Morgan fingerprint density at radius 3 is 2.47 bits per heavy atom. The molecule has 2 amide bonds. The molecule has 4 rings (SSSR count). The van der Waals surface area contributed by atoms with E-state index in [2.05, 4.69) is 10.6 Å². The number of carbonyl (C=O) groups excluding carboxylic acids is 2. The van der Waals surface area contributed by atoms with Gasteiger partial charge in [-0.15, -0.1) is 0 Å². The van der Waals surface area contributed by atoms with Crippen molar-refractivity contribution in [1.82, 2.24) is 5.32 Å². The van der Waals surface area contributed by atoms with Crippen LogP contribution in [0.5, 0.6) is 23.0 Å². The Morgan fingerprint density at radius 1 is 0.941 bits per heavy atom. The summed E-state index contributed by atoms with van der Waals surface area (Å²) >= 11 is 0. The summed E-state index contributed by atoms with van der Waals surface area (Å²) in [5, 5.41) is 5.72. The maximum atomic E-state index is 12.7. The van der Waals surface area contributed by atoms with Crippen molar-refractivity contribution in [2.75, 3.05) is 32.2 Å². The number of benzene rings is 3. The molecule has 0 aromatic heterocycles. The van der Waals surface area contributed by atoms with E-state index in [1.54, 1.807) is 55.6 Å². The topological polar surface area (TPSA) is 95.1 Å². The van der Waals surface area contributed by atoms with E-state index in [0.717, 1.165) is 5.56 Å². The van der Waals surface area contributed by atoms with Gasteiger partial charge in [0.15, 0.2) is 18.1 Å². The first-order valence-electron chi connectivity index (χ1n) is 10.9. The Morgan fingerprint density at radius 2 is 1.71 bits per heavy atom. The van der Waals surface area contributed by atoms with Crippen molar-refractivity contribution in [2.45, 2.75) is 13.0 Å². The molecule has 34 heavy (non-hydrogen) atoms. The van der Waals surface area contributed by atoms with Crippen molar-refractivity contribution >= 4 is 17.5 Å². The Balaban J connectivity index is 1.28. The fourth-order valence-corrected chi connectivity index (χ4v) is 3.44. The molecule has 0 spiro atoms. The second-order valence-electron chi connectivity index (χ2n) is 7.69. The molecule has 1 aliphatic heterocycles. The molecule has 0 radical (unpaired) electrons. The summed E-state index contributed by atoms with van der Waals surface area (Å²) < 4.78 is 21.8. The number of hydrogen-bond donors (Lipinski definition) is 2. The third-order valence-electron chi connectivity index (χ3n) is 5.25. The van der Waals surface area contributed by atoms with E-state index in [0.29, 0.717) is 47.5 Å². The summed E-state index contributed by atoms with van der Waals surface area (Å²) in [5.41, 5.74) is 2.02.